The summed E-state index contributed by atoms with van der Waals surface area (Å²) in [5, 5.41) is 4.03. The van der Waals surface area contributed by atoms with E-state index >= 15 is 0 Å². The molecule has 0 aliphatic carbocycles. The Balaban J connectivity index is 1.74. The van der Waals surface area contributed by atoms with Crippen LogP contribution in [0.5, 0.6) is 23.0 Å². The number of hydrogen-bond acceptors (Lipinski definition) is 10. The second-order valence-corrected chi connectivity index (χ2v) is 10.4. The summed E-state index contributed by atoms with van der Waals surface area (Å²) in [6, 6.07) is 6.47. The molecule has 206 valence electrons. The van der Waals surface area contributed by atoms with Crippen molar-refractivity contribution in [2.45, 2.75) is 5.75 Å². The fourth-order valence-corrected chi connectivity index (χ4v) is 4.79. The number of nitrogens with zero attached hydrogens (tertiary/aromatic N) is 3. The molecule has 3 rings (SSSR count). The molecule has 1 saturated heterocycles. The van der Waals surface area contributed by atoms with E-state index in [1.54, 1.807) is 29.2 Å². The van der Waals surface area contributed by atoms with Crippen molar-refractivity contribution < 1.29 is 32.2 Å². The number of likely N-dealkylation sites (N-methyl/N-ethyl adjacent to an activating group) is 1. The lowest BCUT2D eigenvalue weighted by atomic mass is 10.1. The van der Waals surface area contributed by atoms with Crippen LogP contribution in [0.25, 0.3) is 6.08 Å². The summed E-state index contributed by atoms with van der Waals surface area (Å²) in [6.07, 6.45) is 4.32. The first-order valence-electron chi connectivity index (χ1n) is 11.8. The van der Waals surface area contributed by atoms with Crippen molar-refractivity contribution in [3.8, 4) is 23.0 Å². The molecule has 1 aromatic heterocycles. The smallest absolute Gasteiger partial charge is 0.248 e. The number of hydrogen-bond donors (Lipinski definition) is 1. The molecule has 0 saturated carbocycles. The van der Waals surface area contributed by atoms with Crippen molar-refractivity contribution in [1.29, 1.82) is 0 Å². The van der Waals surface area contributed by atoms with Gasteiger partial charge in [0.1, 0.15) is 17.2 Å². The maximum absolute atomic E-state index is 12.9. The Kier molecular flexibility index (Phi) is 9.97. The molecule has 1 fully saturated rings. The summed E-state index contributed by atoms with van der Waals surface area (Å²) < 4.78 is 47.1. The highest BCUT2D eigenvalue weighted by Gasteiger charge is 2.18. The zero-order valence-electron chi connectivity index (χ0n) is 22.3. The molecule has 1 aromatic carbocycles. The lowest BCUT2D eigenvalue weighted by molar-refractivity contribution is -0.127. The van der Waals surface area contributed by atoms with Gasteiger partial charge < -0.3 is 34.1 Å². The first-order valence-corrected chi connectivity index (χ1v) is 13.6. The average Bonchev–Trinajstić information content (AvgIpc) is 2.91. The molecule has 11 nitrogen and oxygen atoms in total. The van der Waals surface area contributed by atoms with Crippen molar-refractivity contribution in [3.05, 3.63) is 53.2 Å². The van der Waals surface area contributed by atoms with E-state index in [2.05, 4.69) is 15.2 Å². The molecule has 0 radical (unpaired) electrons. The summed E-state index contributed by atoms with van der Waals surface area (Å²) in [5.74, 6) is 1.56. The summed E-state index contributed by atoms with van der Waals surface area (Å²) in [6.45, 7) is 2.98. The maximum atomic E-state index is 12.9. The molecule has 12 heteroatoms. The standard InChI is InChI=1S/C26H34N4O7S/c1-29-11-13-30(14-12-29)25(31)8-10-27-26-22(35-3)7-6-19(28-26)18-38(32,33)15-9-21-23(36-4)16-20(34-2)17-24(21)37-5/h6-10,15-17H,11-14,18H2,1-5H3,(H,27,28). The first-order chi connectivity index (χ1) is 18.2. The number of anilines is 1. The molecule has 2 aromatic rings. The monoisotopic (exact) mass is 546 g/mol. The molecular weight excluding hydrogens is 512 g/mol. The fraction of sp³-hybridized carbons (Fsp3) is 0.385. The maximum Gasteiger partial charge on any atom is 0.248 e. The van der Waals surface area contributed by atoms with Crippen LogP contribution in [0.2, 0.25) is 0 Å². The SMILES string of the molecule is COc1cc(OC)c(C=CS(=O)(=O)Cc2ccc(OC)c(NC=CC(=O)N3CCN(C)CC3)n2)c(OC)c1. The summed E-state index contributed by atoms with van der Waals surface area (Å²) in [7, 11) is 4.24. The van der Waals surface area contributed by atoms with Crippen molar-refractivity contribution >= 4 is 27.6 Å². The number of methoxy groups -OCH3 is 4. The zero-order valence-corrected chi connectivity index (χ0v) is 23.1. The van der Waals surface area contributed by atoms with Gasteiger partial charge in [0.05, 0.1) is 45.4 Å². The molecule has 0 atom stereocenters. The average molecular weight is 547 g/mol. The van der Waals surface area contributed by atoms with E-state index in [4.69, 9.17) is 18.9 Å². The van der Waals surface area contributed by atoms with Crippen LogP contribution in [0, 0.1) is 0 Å². The number of nitrogens with one attached hydrogen (secondary N) is 1. The van der Waals surface area contributed by atoms with Gasteiger partial charge in [-0.05, 0) is 25.3 Å². The van der Waals surface area contributed by atoms with E-state index in [0.717, 1.165) is 18.5 Å². The number of pyridine rings is 1. The van der Waals surface area contributed by atoms with Gasteiger partial charge in [-0.25, -0.2) is 13.4 Å². The Morgan fingerprint density at radius 3 is 2.18 bits per heavy atom. The second kappa shape index (κ2) is 13.2. The van der Waals surface area contributed by atoms with Crippen LogP contribution in [0.1, 0.15) is 11.3 Å². The minimum atomic E-state index is -3.72. The lowest BCUT2D eigenvalue weighted by Crippen LogP contribution is -2.46. The number of carbonyl (C=O) groups excluding carboxylic acids is 1. The molecule has 38 heavy (non-hydrogen) atoms. The van der Waals surface area contributed by atoms with Gasteiger partial charge in [-0.1, -0.05) is 0 Å². The lowest BCUT2D eigenvalue weighted by Gasteiger charge is -2.31. The van der Waals surface area contributed by atoms with E-state index in [-0.39, 0.29) is 11.7 Å². The van der Waals surface area contributed by atoms with E-state index < -0.39 is 9.84 Å². The third-order valence-electron chi connectivity index (χ3n) is 5.94. The molecule has 1 aliphatic rings. The number of sulfone groups is 1. The van der Waals surface area contributed by atoms with E-state index in [0.29, 0.717) is 53.2 Å². The van der Waals surface area contributed by atoms with Crippen molar-refractivity contribution in [1.82, 2.24) is 14.8 Å². The molecular formula is C26H34N4O7S. The Labute approximate surface area is 223 Å². The summed E-state index contributed by atoms with van der Waals surface area (Å²) in [4.78, 5) is 20.8. The van der Waals surface area contributed by atoms with Crippen LogP contribution >= 0.6 is 0 Å². The molecule has 1 amide bonds. The van der Waals surface area contributed by atoms with Crippen molar-refractivity contribution in [3.63, 3.8) is 0 Å². The van der Waals surface area contributed by atoms with Gasteiger partial charge in [0.15, 0.2) is 21.4 Å². The Morgan fingerprint density at radius 1 is 0.974 bits per heavy atom. The highest BCUT2D eigenvalue weighted by molar-refractivity contribution is 7.93. The summed E-state index contributed by atoms with van der Waals surface area (Å²) >= 11 is 0. The van der Waals surface area contributed by atoms with Gasteiger partial charge in [0.25, 0.3) is 0 Å². The van der Waals surface area contributed by atoms with Gasteiger partial charge in [0, 0.05) is 56.0 Å². The topological polar surface area (TPSA) is 120 Å². The number of piperazine rings is 1. The largest absolute Gasteiger partial charge is 0.496 e. The molecule has 1 N–H and O–H groups in total. The van der Waals surface area contributed by atoms with Crippen LogP contribution in [-0.4, -0.2) is 90.8 Å². The van der Waals surface area contributed by atoms with Crippen LogP contribution in [0.3, 0.4) is 0 Å². The van der Waals surface area contributed by atoms with Gasteiger partial charge in [-0.2, -0.15) is 0 Å². The van der Waals surface area contributed by atoms with Gasteiger partial charge >= 0.3 is 0 Å². The highest BCUT2D eigenvalue weighted by Crippen LogP contribution is 2.35. The molecule has 0 unspecified atom stereocenters. The number of ether oxygens (including phenoxy) is 4. The van der Waals surface area contributed by atoms with Crippen LogP contribution < -0.4 is 24.3 Å². The van der Waals surface area contributed by atoms with E-state index in [1.807, 2.05) is 7.05 Å². The Morgan fingerprint density at radius 2 is 1.61 bits per heavy atom. The van der Waals surface area contributed by atoms with Gasteiger partial charge in [0.2, 0.25) is 5.91 Å². The number of carbonyl (C=O) groups is 1. The highest BCUT2D eigenvalue weighted by atomic mass is 32.2. The molecule has 0 bridgehead atoms. The van der Waals surface area contributed by atoms with E-state index in [9.17, 15) is 13.2 Å². The number of benzene rings is 1. The minimum absolute atomic E-state index is 0.113. The minimum Gasteiger partial charge on any atom is -0.496 e. The van der Waals surface area contributed by atoms with E-state index in [1.165, 1.54) is 46.8 Å². The second-order valence-electron chi connectivity index (χ2n) is 8.52. The normalized spacial score (nSPS) is 14.6. The van der Waals surface area contributed by atoms with Gasteiger partial charge in [-0.3, -0.25) is 4.79 Å². The Bertz CT molecular complexity index is 1260. The predicted octanol–water partition coefficient (Wildman–Crippen LogP) is 2.40. The fourth-order valence-electron chi connectivity index (χ4n) is 3.78. The number of amides is 1. The third kappa shape index (κ3) is 7.62. The quantitative estimate of drug-likeness (QED) is 0.421. The van der Waals surface area contributed by atoms with Crippen LogP contribution in [0.4, 0.5) is 5.82 Å². The molecule has 1 aliphatic heterocycles. The van der Waals surface area contributed by atoms with Gasteiger partial charge in [-0.15, -0.1) is 0 Å². The third-order valence-corrected chi connectivity index (χ3v) is 7.19. The van der Waals surface area contributed by atoms with Crippen molar-refractivity contribution in [2.24, 2.45) is 0 Å². The Hall–Kier alpha value is -3.77. The molecule has 0 spiro atoms. The summed E-state index contributed by atoms with van der Waals surface area (Å²) in [5.41, 5.74) is 0.755. The predicted molar refractivity (Wildman–Crippen MR) is 145 cm³/mol. The molecule has 2 heterocycles. The van der Waals surface area contributed by atoms with Crippen molar-refractivity contribution in [2.75, 3.05) is 67.0 Å². The number of rotatable bonds is 11. The van der Waals surface area contributed by atoms with Crippen LogP contribution in [0.15, 0.2) is 41.9 Å². The zero-order chi connectivity index (χ0) is 27.7. The number of aromatic nitrogens is 1. The van der Waals surface area contributed by atoms with Crippen LogP contribution in [-0.2, 0) is 20.4 Å². The first kappa shape index (κ1) is 28.8.